The van der Waals surface area contributed by atoms with Gasteiger partial charge in [-0.1, -0.05) is 13.8 Å². The first-order valence-corrected chi connectivity index (χ1v) is 21.8. The van der Waals surface area contributed by atoms with E-state index in [-0.39, 0.29) is 25.7 Å². The van der Waals surface area contributed by atoms with Crippen molar-refractivity contribution in [3.8, 4) is 0 Å². The monoisotopic (exact) mass is 822 g/mol. The largest absolute Gasteiger partial charge is 0.451 e. The molecule has 3 atom stereocenters. The van der Waals surface area contributed by atoms with E-state index in [0.717, 1.165) is 54.4 Å². The normalized spacial score (nSPS) is 34.5. The predicted octanol–water partition coefficient (Wildman–Crippen LogP) is 11.8. The maximum absolute atomic E-state index is 12.6. The fraction of sp³-hybridized carbons (Fsp3) is 0.933. The average molecular weight is 822 g/mol. The first-order chi connectivity index (χ1) is 27.1. The van der Waals surface area contributed by atoms with E-state index in [1.54, 1.807) is 46.9 Å². The molecule has 6 bridgehead atoms. The summed E-state index contributed by atoms with van der Waals surface area (Å²) in [6, 6.07) is 0. The summed E-state index contributed by atoms with van der Waals surface area (Å²) >= 11 is 0. The van der Waals surface area contributed by atoms with Gasteiger partial charge in [0.2, 0.25) is 5.92 Å². The van der Waals surface area contributed by atoms with Gasteiger partial charge in [0.25, 0.3) is 0 Å². The van der Waals surface area contributed by atoms with Crippen molar-refractivity contribution in [2.24, 2.45) is 64.1 Å². The van der Waals surface area contributed by atoms with Crippen LogP contribution in [0.25, 0.3) is 0 Å². The number of aromatic nitrogens is 1. The van der Waals surface area contributed by atoms with E-state index in [0.29, 0.717) is 68.2 Å². The Labute approximate surface area is 340 Å². The Morgan fingerprint density at radius 2 is 1.23 bits per heavy atom. The summed E-state index contributed by atoms with van der Waals surface area (Å²) in [6.07, 6.45) is 15.5. The number of nitrogens with zero attached hydrogens (tertiary/aromatic N) is 1. The molecule has 10 rings (SSSR count). The molecule has 9 fully saturated rings. The highest BCUT2D eigenvalue weighted by Crippen LogP contribution is 2.61. The van der Waals surface area contributed by atoms with Gasteiger partial charge >= 0.3 is 6.18 Å². The molecule has 7 nitrogen and oxygen atoms in total. The number of fused-ring (bicyclic) bond motifs is 2. The Balaban J connectivity index is 0.000000159. The van der Waals surface area contributed by atoms with Crippen molar-refractivity contribution in [2.75, 3.05) is 62.0 Å². The topological polar surface area (TPSA) is 72.2 Å². The standard InChI is InChI=1S/C12H20O.C11H20O.C9H15F3O.C8H14F2O.C5H7NO2/c1-13-8-12-5-9-2-10(6-12)4-11(3-9)7-12;1-11(2)9-5-4-8(7-12-3)10(11)6-9;1-13-6-7-2-4-8(5-3-7)9(10,11)12;1-11-6-7-2-4-8(9,10)5-3-7;1-7-2-5-3-8-4-6-5/h9-11H,2-8H2,1H3;8-10H,4-7H2,1-3H3;7-8H,2-6H2,1H3;7H,2-6H2,1H3;3-4H,2H2,1H3. The summed E-state index contributed by atoms with van der Waals surface area (Å²) in [4.78, 5) is 3.81. The van der Waals surface area contributed by atoms with Gasteiger partial charge in [-0.05, 0) is 154 Å². The lowest BCUT2D eigenvalue weighted by atomic mass is 9.46. The minimum Gasteiger partial charge on any atom is -0.451 e. The molecule has 0 aliphatic heterocycles. The lowest BCUT2D eigenvalue weighted by Gasteiger charge is -2.60. The van der Waals surface area contributed by atoms with E-state index in [4.69, 9.17) is 23.7 Å². The molecule has 9 aliphatic rings. The van der Waals surface area contributed by atoms with E-state index >= 15 is 0 Å². The third-order valence-electron chi connectivity index (χ3n) is 14.7. The van der Waals surface area contributed by atoms with Crippen molar-refractivity contribution in [3.05, 3.63) is 18.4 Å². The summed E-state index contributed by atoms with van der Waals surface area (Å²) in [6.45, 7) is 8.66. The van der Waals surface area contributed by atoms with Gasteiger partial charge in [0.1, 0.15) is 12.0 Å². The first-order valence-electron chi connectivity index (χ1n) is 21.8. The molecule has 1 aromatic rings. The Hall–Kier alpha value is -1.34. The molecule has 1 aromatic heterocycles. The van der Waals surface area contributed by atoms with Gasteiger partial charge in [-0.3, -0.25) is 0 Å². The maximum atomic E-state index is 12.6. The van der Waals surface area contributed by atoms with Gasteiger partial charge in [0, 0.05) is 68.2 Å². The highest BCUT2D eigenvalue weighted by molar-refractivity contribution is 5.03. The molecule has 0 spiro atoms. The van der Waals surface area contributed by atoms with Crippen LogP contribution in [0.15, 0.2) is 17.1 Å². The van der Waals surface area contributed by atoms with Crippen LogP contribution in [0.5, 0.6) is 0 Å². The fourth-order valence-corrected chi connectivity index (χ4v) is 12.0. The molecule has 9 saturated carbocycles. The lowest BCUT2D eigenvalue weighted by Crippen LogP contribution is -2.53. The molecule has 9 aliphatic carbocycles. The van der Waals surface area contributed by atoms with Crippen molar-refractivity contribution in [1.82, 2.24) is 4.98 Å². The van der Waals surface area contributed by atoms with Gasteiger partial charge in [0.05, 0.1) is 19.1 Å². The number of hydrogen-bond donors (Lipinski definition) is 0. The highest BCUT2D eigenvalue weighted by atomic mass is 19.4. The molecule has 12 heteroatoms. The van der Waals surface area contributed by atoms with Crippen LogP contribution >= 0.6 is 0 Å². The molecular weight excluding hydrogens is 745 g/mol. The third kappa shape index (κ3) is 14.7. The van der Waals surface area contributed by atoms with Gasteiger partial charge in [0.15, 0.2) is 6.39 Å². The Morgan fingerprint density at radius 3 is 1.65 bits per heavy atom. The Morgan fingerprint density at radius 1 is 0.684 bits per heavy atom. The number of ether oxygens (including phenoxy) is 5. The minimum absolute atomic E-state index is 0.0427. The van der Waals surface area contributed by atoms with Gasteiger partial charge in [-0.15, -0.1) is 0 Å². The van der Waals surface area contributed by atoms with Crippen LogP contribution in [0.3, 0.4) is 0 Å². The van der Waals surface area contributed by atoms with Crippen LogP contribution < -0.4 is 0 Å². The van der Waals surface area contributed by atoms with E-state index in [9.17, 15) is 22.0 Å². The number of methoxy groups -OCH3 is 5. The van der Waals surface area contributed by atoms with E-state index in [1.165, 1.54) is 44.9 Å². The zero-order valence-electron chi connectivity index (χ0n) is 36.2. The number of hydrogen-bond acceptors (Lipinski definition) is 7. The number of halogens is 5. The summed E-state index contributed by atoms with van der Waals surface area (Å²) in [7, 11) is 8.54. The molecule has 0 radical (unpaired) electrons. The van der Waals surface area contributed by atoms with Crippen molar-refractivity contribution >= 4 is 0 Å². The minimum atomic E-state index is -3.99. The Kier molecular flexibility index (Phi) is 19.1. The van der Waals surface area contributed by atoms with Crippen LogP contribution in [0.4, 0.5) is 22.0 Å². The van der Waals surface area contributed by atoms with E-state index in [1.807, 2.05) is 14.2 Å². The molecular formula is C45H76F5NO6. The first kappa shape index (κ1) is 48.3. The number of oxazole rings is 1. The van der Waals surface area contributed by atoms with Crippen molar-refractivity contribution < 1.29 is 50.1 Å². The van der Waals surface area contributed by atoms with Crippen LogP contribution in [0.2, 0.25) is 0 Å². The molecule has 0 aromatic carbocycles. The zero-order valence-corrected chi connectivity index (χ0v) is 36.2. The Bertz CT molecular complexity index is 1190. The van der Waals surface area contributed by atoms with Crippen LogP contribution in [-0.4, -0.2) is 79.1 Å². The molecule has 3 unspecified atom stereocenters. The second kappa shape index (κ2) is 22.5. The van der Waals surface area contributed by atoms with Crippen LogP contribution in [0, 0.1) is 64.1 Å². The summed E-state index contributed by atoms with van der Waals surface area (Å²) < 4.78 is 91.8. The van der Waals surface area contributed by atoms with Crippen LogP contribution in [-0.2, 0) is 30.3 Å². The zero-order chi connectivity index (χ0) is 41.7. The SMILES string of the molecule is COCC12CC3CC(CC(C3)C1)C2.COCC1CCC(C(F)(F)F)CC1.COCC1CCC(F)(F)CC1.COCC1CCC2CC1C2(C)C.COCc1cocn1. The molecule has 0 saturated heterocycles. The summed E-state index contributed by atoms with van der Waals surface area (Å²) in [5, 5.41) is 0. The molecule has 57 heavy (non-hydrogen) atoms. The van der Waals surface area contributed by atoms with Crippen molar-refractivity contribution in [1.29, 1.82) is 0 Å². The third-order valence-corrected chi connectivity index (χ3v) is 14.7. The molecule has 332 valence electrons. The van der Waals surface area contributed by atoms with Gasteiger partial charge in [-0.2, -0.15) is 13.2 Å². The molecule has 0 N–H and O–H groups in total. The van der Waals surface area contributed by atoms with Gasteiger partial charge < -0.3 is 28.1 Å². The van der Waals surface area contributed by atoms with Gasteiger partial charge in [-0.25, -0.2) is 13.8 Å². The fourth-order valence-electron chi connectivity index (χ4n) is 12.0. The van der Waals surface area contributed by atoms with E-state index < -0.39 is 18.0 Å². The number of alkyl halides is 5. The van der Waals surface area contributed by atoms with Crippen molar-refractivity contribution in [2.45, 2.75) is 142 Å². The highest BCUT2D eigenvalue weighted by Gasteiger charge is 2.54. The average Bonchev–Trinajstić information content (AvgIpc) is 3.67. The van der Waals surface area contributed by atoms with E-state index in [2.05, 4.69) is 23.2 Å². The molecule has 0 amide bonds. The summed E-state index contributed by atoms with van der Waals surface area (Å²) in [5.41, 5.74) is 2.08. The maximum Gasteiger partial charge on any atom is 0.391 e. The smallest absolute Gasteiger partial charge is 0.391 e. The van der Waals surface area contributed by atoms with Crippen molar-refractivity contribution in [3.63, 3.8) is 0 Å². The number of rotatable bonds is 10. The predicted molar refractivity (Wildman–Crippen MR) is 212 cm³/mol. The lowest BCUT2D eigenvalue weighted by molar-refractivity contribution is -0.184. The second-order valence-electron chi connectivity index (χ2n) is 19.4. The second-order valence-corrected chi connectivity index (χ2v) is 19.4. The quantitative estimate of drug-likeness (QED) is 0.218. The molecule has 1 heterocycles. The summed E-state index contributed by atoms with van der Waals surface area (Å²) in [5.74, 6) is 3.28. The van der Waals surface area contributed by atoms with Crippen LogP contribution in [0.1, 0.15) is 129 Å².